The first-order valence-corrected chi connectivity index (χ1v) is 11.7. The molecule has 1 unspecified atom stereocenters. The van der Waals surface area contributed by atoms with Crippen LogP contribution in [0, 0.1) is 12.7 Å². The molecule has 2 aromatic carbocycles. The van der Waals surface area contributed by atoms with Gasteiger partial charge < -0.3 is 10.0 Å². The first-order valence-electron chi connectivity index (χ1n) is 10.9. The number of nitrogens with zero attached hydrogens (tertiary/aromatic N) is 3. The summed E-state index contributed by atoms with van der Waals surface area (Å²) in [5.74, 6) is -2.09. The van der Waals surface area contributed by atoms with Crippen LogP contribution in [-0.2, 0) is 11.3 Å². The number of aliphatic hydroxyl groups excluding tert-OH is 1. The predicted octanol–water partition coefficient (Wildman–Crippen LogP) is 5.43. The highest BCUT2D eigenvalue weighted by Crippen LogP contribution is 2.41. The van der Waals surface area contributed by atoms with Gasteiger partial charge in [-0.15, -0.1) is 11.3 Å². The lowest BCUT2D eigenvalue weighted by Crippen LogP contribution is -2.30. The van der Waals surface area contributed by atoms with Crippen LogP contribution < -0.4 is 0 Å². The maximum Gasteiger partial charge on any atom is 0.290 e. The van der Waals surface area contributed by atoms with Gasteiger partial charge in [0.05, 0.1) is 22.2 Å². The second-order valence-corrected chi connectivity index (χ2v) is 9.13. The van der Waals surface area contributed by atoms with Gasteiger partial charge in [0.2, 0.25) is 5.78 Å². The van der Waals surface area contributed by atoms with Gasteiger partial charge in [-0.25, -0.2) is 9.37 Å². The Morgan fingerprint density at radius 2 is 1.74 bits per heavy atom. The Labute approximate surface area is 205 Å². The van der Waals surface area contributed by atoms with Gasteiger partial charge in [-0.2, -0.15) is 0 Å². The summed E-state index contributed by atoms with van der Waals surface area (Å²) in [6.45, 7) is 1.83. The average molecular weight is 486 g/mol. The van der Waals surface area contributed by atoms with E-state index in [-0.39, 0.29) is 17.9 Å². The van der Waals surface area contributed by atoms with E-state index in [2.05, 4.69) is 9.97 Å². The smallest absolute Gasteiger partial charge is 0.290 e. The van der Waals surface area contributed by atoms with E-state index in [1.807, 2.05) is 30.3 Å². The SMILES string of the molecule is Cc1nc(-c2ccccc2)sc1C(=O)C1=C(O)C(=O)N(Cc2ccc(F)cc2)C1c1ccncc1. The molecule has 6 nitrogen and oxygen atoms in total. The van der Waals surface area contributed by atoms with Crippen molar-refractivity contribution in [3.8, 4) is 10.6 Å². The Morgan fingerprint density at radius 1 is 1.06 bits per heavy atom. The normalized spacial score (nSPS) is 15.7. The van der Waals surface area contributed by atoms with Crippen LogP contribution in [0.3, 0.4) is 0 Å². The van der Waals surface area contributed by atoms with Crippen LogP contribution in [-0.4, -0.2) is 31.7 Å². The lowest BCUT2D eigenvalue weighted by molar-refractivity contribution is -0.130. The molecule has 35 heavy (non-hydrogen) atoms. The predicted molar refractivity (Wildman–Crippen MR) is 130 cm³/mol. The number of aromatic nitrogens is 2. The zero-order valence-electron chi connectivity index (χ0n) is 18.7. The van der Waals surface area contributed by atoms with Gasteiger partial charge >= 0.3 is 0 Å². The van der Waals surface area contributed by atoms with Gasteiger partial charge in [0.25, 0.3) is 5.91 Å². The second-order valence-electron chi connectivity index (χ2n) is 8.13. The van der Waals surface area contributed by atoms with Gasteiger partial charge in [0.15, 0.2) is 5.76 Å². The van der Waals surface area contributed by atoms with Crippen LogP contribution in [0.25, 0.3) is 10.6 Å². The highest BCUT2D eigenvalue weighted by Gasteiger charge is 2.44. The maximum absolute atomic E-state index is 13.8. The van der Waals surface area contributed by atoms with E-state index >= 15 is 0 Å². The average Bonchev–Trinajstić information content (AvgIpc) is 3.39. The molecule has 0 bridgehead atoms. The van der Waals surface area contributed by atoms with E-state index in [0.29, 0.717) is 26.7 Å². The Morgan fingerprint density at radius 3 is 2.43 bits per heavy atom. The first-order chi connectivity index (χ1) is 16.9. The summed E-state index contributed by atoms with van der Waals surface area (Å²) in [7, 11) is 0. The van der Waals surface area contributed by atoms with Crippen molar-refractivity contribution in [3.05, 3.63) is 118 Å². The standard InChI is InChI=1S/C27H20FN3O3S/c1-16-25(35-26(30-16)19-5-3-2-4-6-19)23(32)21-22(18-11-13-29-14-12-18)31(27(34)24(21)33)15-17-7-9-20(28)10-8-17/h2-14,22,33H,15H2,1H3. The number of halogens is 1. The minimum Gasteiger partial charge on any atom is -0.503 e. The van der Waals surface area contributed by atoms with Crippen LogP contribution in [0.15, 0.2) is 90.5 Å². The van der Waals surface area contributed by atoms with E-state index < -0.39 is 23.5 Å². The van der Waals surface area contributed by atoms with E-state index in [4.69, 9.17) is 0 Å². The fourth-order valence-electron chi connectivity index (χ4n) is 4.16. The van der Waals surface area contributed by atoms with Crippen molar-refractivity contribution in [1.82, 2.24) is 14.9 Å². The van der Waals surface area contributed by atoms with Crippen molar-refractivity contribution in [3.63, 3.8) is 0 Å². The Hall–Kier alpha value is -4.17. The van der Waals surface area contributed by atoms with Gasteiger partial charge in [-0.3, -0.25) is 14.6 Å². The molecule has 0 saturated carbocycles. The Kier molecular flexibility index (Phi) is 5.96. The molecule has 8 heteroatoms. The third-order valence-electron chi connectivity index (χ3n) is 5.86. The number of aliphatic hydroxyl groups is 1. The van der Waals surface area contributed by atoms with Crippen LogP contribution >= 0.6 is 11.3 Å². The minimum atomic E-state index is -0.829. The molecule has 1 atom stereocenters. The summed E-state index contributed by atoms with van der Waals surface area (Å²) in [6.07, 6.45) is 3.14. The number of aryl methyl sites for hydroxylation is 1. The molecule has 0 fully saturated rings. The number of Topliss-reactive ketones (excluding diaryl/α,β-unsaturated/α-hetero) is 1. The molecule has 3 heterocycles. The van der Waals surface area contributed by atoms with Gasteiger partial charge in [0.1, 0.15) is 10.8 Å². The van der Waals surface area contributed by atoms with Crippen LogP contribution in [0.4, 0.5) is 4.39 Å². The van der Waals surface area contributed by atoms with Crippen LogP contribution in [0.5, 0.6) is 0 Å². The number of carbonyl (C=O) groups is 2. The molecule has 1 aliphatic rings. The molecular weight excluding hydrogens is 465 g/mol. The molecule has 2 aromatic heterocycles. The minimum absolute atomic E-state index is 0.00493. The van der Waals surface area contributed by atoms with Gasteiger partial charge in [-0.1, -0.05) is 42.5 Å². The highest BCUT2D eigenvalue weighted by molar-refractivity contribution is 7.17. The Bertz CT molecular complexity index is 1430. The fraction of sp³-hybridized carbons (Fsp3) is 0.111. The van der Waals surface area contributed by atoms with Crippen molar-refractivity contribution >= 4 is 23.0 Å². The van der Waals surface area contributed by atoms with Crippen molar-refractivity contribution in [2.24, 2.45) is 0 Å². The highest BCUT2D eigenvalue weighted by atomic mass is 32.1. The lowest BCUT2D eigenvalue weighted by atomic mass is 9.95. The van der Waals surface area contributed by atoms with E-state index in [1.54, 1.807) is 43.6 Å². The molecule has 5 rings (SSSR count). The van der Waals surface area contributed by atoms with E-state index in [1.165, 1.54) is 28.4 Å². The summed E-state index contributed by atoms with van der Waals surface area (Å²) in [6, 6.07) is 17.8. The number of carbonyl (C=O) groups excluding carboxylic acids is 2. The fourth-order valence-corrected chi connectivity index (χ4v) is 5.19. The van der Waals surface area contributed by atoms with E-state index in [9.17, 15) is 19.1 Å². The number of pyridine rings is 1. The number of benzene rings is 2. The van der Waals surface area contributed by atoms with Crippen molar-refractivity contribution in [1.29, 1.82) is 0 Å². The molecule has 0 radical (unpaired) electrons. The zero-order valence-corrected chi connectivity index (χ0v) is 19.5. The third kappa shape index (κ3) is 4.24. The molecule has 174 valence electrons. The summed E-state index contributed by atoms with van der Waals surface area (Å²) >= 11 is 1.23. The molecule has 1 aliphatic heterocycles. The van der Waals surface area contributed by atoms with Crippen molar-refractivity contribution < 1.29 is 19.1 Å². The van der Waals surface area contributed by atoms with E-state index in [0.717, 1.165) is 5.56 Å². The van der Waals surface area contributed by atoms with Gasteiger partial charge in [-0.05, 0) is 42.3 Å². The monoisotopic (exact) mass is 485 g/mol. The maximum atomic E-state index is 13.8. The second kappa shape index (κ2) is 9.23. The number of ketones is 1. The largest absolute Gasteiger partial charge is 0.503 e. The molecule has 0 spiro atoms. The number of hydrogen-bond donors (Lipinski definition) is 1. The Balaban J connectivity index is 1.56. The molecule has 1 amide bonds. The molecular formula is C27H20FN3O3S. The number of amides is 1. The van der Waals surface area contributed by atoms with Gasteiger partial charge in [0, 0.05) is 24.5 Å². The summed E-state index contributed by atoms with van der Waals surface area (Å²) < 4.78 is 13.4. The van der Waals surface area contributed by atoms with Crippen LogP contribution in [0.1, 0.15) is 32.5 Å². The number of hydrogen-bond acceptors (Lipinski definition) is 6. The summed E-state index contributed by atoms with van der Waals surface area (Å²) in [4.78, 5) is 37.4. The quantitative estimate of drug-likeness (QED) is 0.368. The zero-order chi connectivity index (χ0) is 24.5. The van der Waals surface area contributed by atoms with Crippen molar-refractivity contribution in [2.75, 3.05) is 0 Å². The number of rotatable bonds is 6. The third-order valence-corrected chi connectivity index (χ3v) is 7.07. The van der Waals surface area contributed by atoms with Crippen molar-refractivity contribution in [2.45, 2.75) is 19.5 Å². The first kappa shape index (κ1) is 22.6. The molecule has 0 saturated heterocycles. The van der Waals surface area contributed by atoms with Crippen LogP contribution in [0.2, 0.25) is 0 Å². The molecule has 4 aromatic rings. The molecule has 1 N–H and O–H groups in total. The summed E-state index contributed by atoms with van der Waals surface area (Å²) in [5, 5.41) is 11.6. The summed E-state index contributed by atoms with van der Waals surface area (Å²) in [5.41, 5.74) is 2.70. The lowest BCUT2D eigenvalue weighted by Gasteiger charge is -2.26. The molecule has 0 aliphatic carbocycles. The topological polar surface area (TPSA) is 83.4 Å². The number of thiazole rings is 1.